The van der Waals surface area contributed by atoms with E-state index in [-0.39, 0.29) is 34.6 Å². The number of amides is 1. The molecule has 0 unspecified atom stereocenters. The molecule has 32 heavy (non-hydrogen) atoms. The summed E-state index contributed by atoms with van der Waals surface area (Å²) in [5.41, 5.74) is -0.669. The zero-order valence-corrected chi connectivity index (χ0v) is 17.1. The van der Waals surface area contributed by atoms with Crippen molar-refractivity contribution >= 4 is 17.6 Å². The molecule has 10 heteroatoms. The number of alkyl halides is 3. The van der Waals surface area contributed by atoms with Crippen LogP contribution >= 0.6 is 0 Å². The molecule has 0 bridgehead atoms. The fourth-order valence-corrected chi connectivity index (χ4v) is 2.97. The van der Waals surface area contributed by atoms with Gasteiger partial charge in [-0.1, -0.05) is 18.2 Å². The molecule has 1 amide bonds. The van der Waals surface area contributed by atoms with Gasteiger partial charge < -0.3 is 10.1 Å². The molecule has 1 aromatic heterocycles. The van der Waals surface area contributed by atoms with Gasteiger partial charge in [-0.3, -0.25) is 9.59 Å². The largest absolute Gasteiger partial charge is 0.465 e. The summed E-state index contributed by atoms with van der Waals surface area (Å²) < 4.78 is 45.0. The van der Waals surface area contributed by atoms with Crippen LogP contribution < -0.4 is 10.9 Å². The Morgan fingerprint density at radius 3 is 2.44 bits per heavy atom. The molecular formula is C22H18F3N3O4. The number of esters is 1. The standard InChI is InChI=1S/C22H18F3N3O4/c1-3-28-19(29)10-9-18(27-28)20(30)26-17-8-7-14(12-16(17)21(31)32-2)13-5-4-6-15(11-13)22(23,24)25/h4-12H,3H2,1-2H3,(H,26,30). The number of aryl methyl sites for hydroxylation is 1. The number of hydrogen-bond acceptors (Lipinski definition) is 5. The van der Waals surface area contributed by atoms with Gasteiger partial charge in [0.25, 0.3) is 11.5 Å². The topological polar surface area (TPSA) is 90.3 Å². The Morgan fingerprint density at radius 1 is 1.06 bits per heavy atom. The third-order valence-corrected chi connectivity index (χ3v) is 4.60. The number of halogens is 3. The van der Waals surface area contributed by atoms with Crippen molar-refractivity contribution in [2.75, 3.05) is 12.4 Å². The SMILES string of the molecule is CCn1nc(C(=O)Nc2ccc(-c3cccc(C(F)(F)F)c3)cc2C(=O)OC)ccc1=O. The minimum Gasteiger partial charge on any atom is -0.465 e. The first-order chi connectivity index (χ1) is 15.1. The second-order valence-electron chi connectivity index (χ2n) is 6.66. The summed E-state index contributed by atoms with van der Waals surface area (Å²) >= 11 is 0. The van der Waals surface area contributed by atoms with E-state index < -0.39 is 23.6 Å². The van der Waals surface area contributed by atoms with Crippen LogP contribution in [-0.4, -0.2) is 28.8 Å². The predicted octanol–water partition coefficient (Wildman–Crippen LogP) is 3.99. The monoisotopic (exact) mass is 445 g/mol. The minimum atomic E-state index is -4.52. The van der Waals surface area contributed by atoms with Crippen molar-refractivity contribution in [3.63, 3.8) is 0 Å². The number of carbonyl (C=O) groups excluding carboxylic acids is 2. The van der Waals surface area contributed by atoms with Crippen LogP contribution in [0.15, 0.2) is 59.4 Å². The lowest BCUT2D eigenvalue weighted by Crippen LogP contribution is -2.25. The molecule has 1 heterocycles. The maximum Gasteiger partial charge on any atom is 0.416 e. The van der Waals surface area contributed by atoms with E-state index >= 15 is 0 Å². The van der Waals surface area contributed by atoms with Gasteiger partial charge in [0.2, 0.25) is 0 Å². The molecule has 166 valence electrons. The van der Waals surface area contributed by atoms with Crippen LogP contribution in [0.3, 0.4) is 0 Å². The third-order valence-electron chi connectivity index (χ3n) is 4.60. The highest BCUT2D eigenvalue weighted by Crippen LogP contribution is 2.33. The zero-order valence-electron chi connectivity index (χ0n) is 17.1. The summed E-state index contributed by atoms with van der Waals surface area (Å²) in [5.74, 6) is -1.47. The number of benzene rings is 2. The van der Waals surface area contributed by atoms with E-state index in [0.29, 0.717) is 5.56 Å². The van der Waals surface area contributed by atoms with Crippen LogP contribution in [0.2, 0.25) is 0 Å². The highest BCUT2D eigenvalue weighted by Gasteiger charge is 2.30. The maximum absolute atomic E-state index is 13.0. The number of hydrogen-bond donors (Lipinski definition) is 1. The Morgan fingerprint density at radius 2 is 1.78 bits per heavy atom. The average molecular weight is 445 g/mol. The van der Waals surface area contributed by atoms with Crippen LogP contribution in [-0.2, 0) is 17.5 Å². The van der Waals surface area contributed by atoms with Gasteiger partial charge in [0.15, 0.2) is 0 Å². The van der Waals surface area contributed by atoms with Gasteiger partial charge in [0.05, 0.1) is 23.9 Å². The lowest BCUT2D eigenvalue weighted by molar-refractivity contribution is -0.137. The second-order valence-corrected chi connectivity index (χ2v) is 6.66. The van der Waals surface area contributed by atoms with Crippen molar-refractivity contribution in [2.24, 2.45) is 0 Å². The number of anilines is 1. The van der Waals surface area contributed by atoms with Crippen LogP contribution in [0, 0.1) is 0 Å². The third kappa shape index (κ3) is 4.85. The molecule has 2 aromatic carbocycles. The lowest BCUT2D eigenvalue weighted by atomic mass is 9.99. The summed E-state index contributed by atoms with van der Waals surface area (Å²) in [6.07, 6.45) is -4.52. The molecule has 3 rings (SSSR count). The highest BCUT2D eigenvalue weighted by atomic mass is 19.4. The normalized spacial score (nSPS) is 11.2. The van der Waals surface area contributed by atoms with Crippen molar-refractivity contribution in [1.29, 1.82) is 0 Å². The van der Waals surface area contributed by atoms with E-state index in [9.17, 15) is 27.6 Å². The van der Waals surface area contributed by atoms with Crippen LogP contribution in [0.4, 0.5) is 18.9 Å². The Kier molecular flexibility index (Phi) is 6.42. The molecule has 0 spiro atoms. The van der Waals surface area contributed by atoms with Crippen molar-refractivity contribution < 1.29 is 27.5 Å². The van der Waals surface area contributed by atoms with Gasteiger partial charge in [-0.15, -0.1) is 0 Å². The van der Waals surface area contributed by atoms with E-state index in [1.54, 1.807) is 6.92 Å². The van der Waals surface area contributed by atoms with E-state index in [1.807, 2.05) is 0 Å². The van der Waals surface area contributed by atoms with E-state index in [1.165, 1.54) is 42.5 Å². The number of ether oxygens (including phenoxy) is 1. The molecule has 3 aromatic rings. The number of nitrogens with one attached hydrogen (secondary N) is 1. The Bertz CT molecular complexity index is 1240. The second kappa shape index (κ2) is 9.04. The van der Waals surface area contributed by atoms with Crippen LogP contribution in [0.1, 0.15) is 33.3 Å². The van der Waals surface area contributed by atoms with Gasteiger partial charge in [-0.2, -0.15) is 18.3 Å². The molecule has 0 radical (unpaired) electrons. The Balaban J connectivity index is 1.99. The number of aromatic nitrogens is 2. The Labute approximate surface area is 180 Å². The van der Waals surface area contributed by atoms with E-state index in [0.717, 1.165) is 23.9 Å². The molecule has 0 aliphatic heterocycles. The van der Waals surface area contributed by atoms with Gasteiger partial charge >= 0.3 is 12.1 Å². The first kappa shape index (κ1) is 22.7. The van der Waals surface area contributed by atoms with Crippen molar-refractivity contribution in [2.45, 2.75) is 19.6 Å². The smallest absolute Gasteiger partial charge is 0.416 e. The predicted molar refractivity (Wildman–Crippen MR) is 110 cm³/mol. The molecule has 0 fully saturated rings. The molecular weight excluding hydrogens is 427 g/mol. The number of nitrogens with zero attached hydrogens (tertiary/aromatic N) is 2. The fraction of sp³-hybridized carbons (Fsp3) is 0.182. The van der Waals surface area contributed by atoms with Crippen molar-refractivity contribution in [3.05, 3.63) is 81.8 Å². The molecule has 1 N–H and O–H groups in total. The Hall–Kier alpha value is -3.95. The van der Waals surface area contributed by atoms with E-state index in [4.69, 9.17) is 4.74 Å². The molecule has 7 nitrogen and oxygen atoms in total. The summed E-state index contributed by atoms with van der Waals surface area (Å²) in [7, 11) is 1.14. The molecule has 0 saturated heterocycles. The summed E-state index contributed by atoms with van der Waals surface area (Å²) in [6.45, 7) is 1.96. The summed E-state index contributed by atoms with van der Waals surface area (Å²) in [5, 5.41) is 6.48. The molecule has 0 aliphatic carbocycles. The van der Waals surface area contributed by atoms with Gasteiger partial charge in [-0.25, -0.2) is 9.48 Å². The lowest BCUT2D eigenvalue weighted by Gasteiger charge is -2.13. The minimum absolute atomic E-state index is 0.0516. The first-order valence-electron chi connectivity index (χ1n) is 9.43. The maximum atomic E-state index is 13.0. The molecule has 0 aliphatic rings. The zero-order chi connectivity index (χ0) is 23.5. The van der Waals surface area contributed by atoms with Gasteiger partial charge in [0.1, 0.15) is 5.69 Å². The first-order valence-corrected chi connectivity index (χ1v) is 9.43. The average Bonchev–Trinajstić information content (AvgIpc) is 2.78. The van der Waals surface area contributed by atoms with Crippen LogP contribution in [0.25, 0.3) is 11.1 Å². The summed E-state index contributed by atoms with van der Waals surface area (Å²) in [4.78, 5) is 36.6. The molecule has 0 saturated carbocycles. The van der Waals surface area contributed by atoms with Crippen molar-refractivity contribution in [3.8, 4) is 11.1 Å². The van der Waals surface area contributed by atoms with Crippen molar-refractivity contribution in [1.82, 2.24) is 9.78 Å². The van der Waals surface area contributed by atoms with Gasteiger partial charge in [0, 0.05) is 12.6 Å². The van der Waals surface area contributed by atoms with Gasteiger partial charge in [-0.05, 0) is 48.4 Å². The number of methoxy groups -OCH3 is 1. The fourth-order valence-electron chi connectivity index (χ4n) is 2.97. The number of carbonyl (C=O) groups is 2. The van der Waals surface area contributed by atoms with E-state index in [2.05, 4.69) is 10.4 Å². The highest BCUT2D eigenvalue weighted by molar-refractivity contribution is 6.07. The summed E-state index contributed by atoms with van der Waals surface area (Å²) in [6, 6.07) is 11.3. The molecule has 0 atom stereocenters. The van der Waals surface area contributed by atoms with Crippen LogP contribution in [0.5, 0.6) is 0 Å². The number of rotatable bonds is 5. The quantitative estimate of drug-likeness (QED) is 0.600.